The molecule has 1 atom stereocenters. The van der Waals surface area contributed by atoms with Gasteiger partial charge in [-0.15, -0.1) is 0 Å². The normalized spacial score (nSPS) is 26.5. The number of fused-ring (bicyclic) bond motifs is 1. The monoisotopic (exact) mass is 216 g/mol. The van der Waals surface area contributed by atoms with Crippen molar-refractivity contribution in [1.29, 1.82) is 0 Å². The second kappa shape index (κ2) is 2.86. The lowest BCUT2D eigenvalue weighted by atomic mass is 9.92. The fraction of sp³-hybridized carbons (Fsp3) is 0.462. The van der Waals surface area contributed by atoms with Gasteiger partial charge < -0.3 is 9.47 Å². The quantitative estimate of drug-likeness (QED) is 0.562. The molecule has 0 bridgehead atoms. The number of hydrogen-bond donors (Lipinski definition) is 0. The summed E-state index contributed by atoms with van der Waals surface area (Å²) in [6.07, 6.45) is 2.76. The third kappa shape index (κ3) is 1.15. The van der Waals surface area contributed by atoms with Crippen LogP contribution in [-0.2, 0) is 16.1 Å². The van der Waals surface area contributed by atoms with Crippen molar-refractivity contribution in [2.45, 2.75) is 31.5 Å². The molecule has 0 N–H and O–H groups in total. The Bertz CT molecular complexity index is 484. The summed E-state index contributed by atoms with van der Waals surface area (Å²) < 4.78 is 10.5. The fourth-order valence-corrected chi connectivity index (χ4v) is 2.61. The van der Waals surface area contributed by atoms with E-state index < -0.39 is 0 Å². The zero-order valence-electron chi connectivity index (χ0n) is 8.86. The Morgan fingerprint density at radius 3 is 2.75 bits per heavy atom. The lowest BCUT2D eigenvalue weighted by Gasteiger charge is -2.10. The summed E-state index contributed by atoms with van der Waals surface area (Å²) >= 11 is 0. The van der Waals surface area contributed by atoms with Gasteiger partial charge in [-0.1, -0.05) is 6.07 Å². The molecule has 3 nitrogen and oxygen atoms in total. The van der Waals surface area contributed by atoms with Crippen molar-refractivity contribution in [2.75, 3.05) is 6.61 Å². The molecular weight excluding hydrogens is 204 g/mol. The van der Waals surface area contributed by atoms with E-state index in [1.807, 2.05) is 6.07 Å². The van der Waals surface area contributed by atoms with Crippen LogP contribution in [0.2, 0.25) is 0 Å². The maximum absolute atomic E-state index is 11.5. The molecule has 1 aromatic carbocycles. The molecule has 0 spiro atoms. The van der Waals surface area contributed by atoms with Crippen LogP contribution in [0.25, 0.3) is 0 Å². The number of epoxide rings is 1. The van der Waals surface area contributed by atoms with E-state index in [0.29, 0.717) is 12.5 Å². The summed E-state index contributed by atoms with van der Waals surface area (Å²) in [5, 5.41) is 0. The van der Waals surface area contributed by atoms with Gasteiger partial charge in [0.05, 0.1) is 12.2 Å². The average Bonchev–Trinajstić information content (AvgIpc) is 3.16. The smallest absolute Gasteiger partial charge is 0.338 e. The second-order valence-electron chi connectivity index (χ2n) is 4.77. The number of esters is 1. The molecule has 0 aromatic heterocycles. The maximum Gasteiger partial charge on any atom is 0.338 e. The van der Waals surface area contributed by atoms with E-state index in [4.69, 9.17) is 9.47 Å². The van der Waals surface area contributed by atoms with Gasteiger partial charge >= 0.3 is 5.97 Å². The maximum atomic E-state index is 11.5. The highest BCUT2D eigenvalue weighted by molar-refractivity contribution is 5.94. The lowest BCUT2D eigenvalue weighted by Crippen LogP contribution is -1.99. The molecule has 82 valence electrons. The van der Waals surface area contributed by atoms with Crippen LogP contribution in [0.3, 0.4) is 0 Å². The molecule has 1 saturated carbocycles. The molecule has 1 aromatic rings. The van der Waals surface area contributed by atoms with Crippen LogP contribution in [0.5, 0.6) is 0 Å². The van der Waals surface area contributed by atoms with Crippen molar-refractivity contribution < 1.29 is 14.3 Å². The third-order valence-corrected chi connectivity index (χ3v) is 3.62. The molecule has 2 fully saturated rings. The number of benzene rings is 1. The highest BCUT2D eigenvalue weighted by Gasteiger charge is 2.38. The standard InChI is InChI=1S/C13H12O3/c14-13-8-3-4-9(11-6-15-11)12(7-1-2-7)10(8)5-16-13/h3-4,7,11H,1-2,5-6H2/t11-/m0/s1. The minimum absolute atomic E-state index is 0.167. The third-order valence-electron chi connectivity index (χ3n) is 3.62. The Hall–Kier alpha value is -1.35. The molecular formula is C13H12O3. The number of ether oxygens (including phenoxy) is 2. The van der Waals surface area contributed by atoms with E-state index in [1.165, 1.54) is 24.0 Å². The van der Waals surface area contributed by atoms with Gasteiger partial charge in [0.2, 0.25) is 0 Å². The van der Waals surface area contributed by atoms with Crippen LogP contribution < -0.4 is 0 Å². The van der Waals surface area contributed by atoms with Gasteiger partial charge in [0.1, 0.15) is 12.7 Å². The van der Waals surface area contributed by atoms with E-state index in [2.05, 4.69) is 6.07 Å². The summed E-state index contributed by atoms with van der Waals surface area (Å²) in [6, 6.07) is 3.95. The summed E-state index contributed by atoms with van der Waals surface area (Å²) in [6.45, 7) is 1.29. The molecule has 0 amide bonds. The van der Waals surface area contributed by atoms with Crippen LogP contribution in [0.1, 0.15) is 51.9 Å². The predicted molar refractivity (Wildman–Crippen MR) is 56.2 cm³/mol. The van der Waals surface area contributed by atoms with Crippen molar-refractivity contribution in [3.63, 3.8) is 0 Å². The molecule has 16 heavy (non-hydrogen) atoms. The van der Waals surface area contributed by atoms with Crippen molar-refractivity contribution in [2.24, 2.45) is 0 Å². The van der Waals surface area contributed by atoms with Crippen LogP contribution in [0, 0.1) is 0 Å². The van der Waals surface area contributed by atoms with Crippen molar-refractivity contribution in [1.82, 2.24) is 0 Å². The molecule has 3 aliphatic rings. The van der Waals surface area contributed by atoms with Gasteiger partial charge in [0, 0.05) is 5.56 Å². The Balaban J connectivity index is 1.92. The van der Waals surface area contributed by atoms with Gasteiger partial charge in [-0.2, -0.15) is 0 Å². The van der Waals surface area contributed by atoms with Crippen LogP contribution in [-0.4, -0.2) is 12.6 Å². The van der Waals surface area contributed by atoms with Gasteiger partial charge in [-0.3, -0.25) is 0 Å². The zero-order valence-corrected chi connectivity index (χ0v) is 8.86. The number of cyclic esters (lactones) is 1. The van der Waals surface area contributed by atoms with Gasteiger partial charge in [-0.05, 0) is 36.0 Å². The molecule has 1 saturated heterocycles. The largest absolute Gasteiger partial charge is 0.457 e. The van der Waals surface area contributed by atoms with E-state index in [0.717, 1.165) is 17.7 Å². The molecule has 1 aliphatic carbocycles. The summed E-state index contributed by atoms with van der Waals surface area (Å²) in [4.78, 5) is 11.5. The van der Waals surface area contributed by atoms with Crippen molar-refractivity contribution in [3.8, 4) is 0 Å². The minimum Gasteiger partial charge on any atom is -0.457 e. The zero-order chi connectivity index (χ0) is 10.7. The lowest BCUT2D eigenvalue weighted by molar-refractivity contribution is 0.0534. The van der Waals surface area contributed by atoms with E-state index in [-0.39, 0.29) is 12.1 Å². The molecule has 2 aliphatic heterocycles. The summed E-state index contributed by atoms with van der Waals surface area (Å²) in [5.41, 5.74) is 4.54. The molecule has 4 rings (SSSR count). The van der Waals surface area contributed by atoms with Gasteiger partial charge in [0.25, 0.3) is 0 Å². The minimum atomic E-state index is -0.167. The van der Waals surface area contributed by atoms with Gasteiger partial charge in [0.15, 0.2) is 0 Å². The number of hydrogen-bond acceptors (Lipinski definition) is 3. The Labute approximate surface area is 93.4 Å². The molecule has 0 unspecified atom stereocenters. The predicted octanol–water partition coefficient (Wildman–Crippen LogP) is 2.31. The molecule has 0 radical (unpaired) electrons. The second-order valence-corrected chi connectivity index (χ2v) is 4.77. The summed E-state index contributed by atoms with van der Waals surface area (Å²) in [5.74, 6) is 0.476. The number of rotatable bonds is 2. The first-order valence-corrected chi connectivity index (χ1v) is 5.79. The highest BCUT2D eigenvalue weighted by atomic mass is 16.6. The molecule has 2 heterocycles. The number of carbonyl (C=O) groups excluding carboxylic acids is 1. The highest BCUT2D eigenvalue weighted by Crippen LogP contribution is 2.49. The van der Waals surface area contributed by atoms with E-state index in [9.17, 15) is 4.79 Å². The van der Waals surface area contributed by atoms with Crippen LogP contribution in [0.15, 0.2) is 12.1 Å². The Morgan fingerprint density at radius 1 is 1.25 bits per heavy atom. The molecule has 3 heteroatoms. The first-order chi connectivity index (χ1) is 7.84. The number of carbonyl (C=O) groups is 1. The first kappa shape index (κ1) is 8.76. The Kier molecular flexibility index (Phi) is 1.56. The topological polar surface area (TPSA) is 38.8 Å². The fourth-order valence-electron chi connectivity index (χ4n) is 2.61. The van der Waals surface area contributed by atoms with E-state index in [1.54, 1.807) is 0 Å². The van der Waals surface area contributed by atoms with Crippen molar-refractivity contribution in [3.05, 3.63) is 34.4 Å². The van der Waals surface area contributed by atoms with Crippen LogP contribution >= 0.6 is 0 Å². The van der Waals surface area contributed by atoms with Gasteiger partial charge in [-0.25, -0.2) is 4.79 Å². The Morgan fingerprint density at radius 2 is 2.06 bits per heavy atom. The van der Waals surface area contributed by atoms with E-state index >= 15 is 0 Å². The first-order valence-electron chi connectivity index (χ1n) is 5.79. The SMILES string of the molecule is O=C1OCc2c1ccc([C@@H]1CO1)c2C1CC1. The van der Waals surface area contributed by atoms with Crippen LogP contribution in [0.4, 0.5) is 0 Å². The summed E-state index contributed by atoms with van der Waals surface area (Å²) in [7, 11) is 0. The average molecular weight is 216 g/mol. The van der Waals surface area contributed by atoms with Crippen molar-refractivity contribution >= 4 is 5.97 Å².